The van der Waals surface area contributed by atoms with E-state index in [0.717, 1.165) is 53.2 Å². The molecule has 5 rings (SSSR count). The van der Waals surface area contributed by atoms with E-state index in [2.05, 4.69) is 62.1 Å². The van der Waals surface area contributed by atoms with E-state index in [1.165, 1.54) is 36.0 Å². The molecule has 1 aliphatic heterocycles. The number of benzene rings is 3. The van der Waals surface area contributed by atoms with Crippen LogP contribution in [0.15, 0.2) is 66.7 Å². The molecule has 2 heterocycles. The molecule has 37 heavy (non-hydrogen) atoms. The van der Waals surface area contributed by atoms with Crippen molar-refractivity contribution in [3.8, 4) is 11.3 Å². The second-order valence-electron chi connectivity index (χ2n) is 10.1. The highest BCUT2D eigenvalue weighted by Gasteiger charge is 2.25. The van der Waals surface area contributed by atoms with Crippen molar-refractivity contribution in [2.75, 3.05) is 31.1 Å². The number of carbonyl (C=O) groups excluding carboxylic acids is 1. The molecule has 1 saturated heterocycles. The molecule has 0 N–H and O–H groups in total. The highest BCUT2D eigenvalue weighted by molar-refractivity contribution is 5.94. The van der Waals surface area contributed by atoms with Gasteiger partial charge in [0.1, 0.15) is 5.69 Å². The fourth-order valence-corrected chi connectivity index (χ4v) is 5.01. The first-order valence-corrected chi connectivity index (χ1v) is 13.5. The first-order chi connectivity index (χ1) is 18.0. The molecule has 1 aliphatic rings. The molecule has 0 aliphatic carbocycles. The Morgan fingerprint density at radius 2 is 1.46 bits per heavy atom. The van der Waals surface area contributed by atoms with E-state index in [0.29, 0.717) is 13.1 Å². The predicted molar refractivity (Wildman–Crippen MR) is 152 cm³/mol. The predicted octanol–water partition coefficient (Wildman–Crippen LogP) is 6.61. The van der Waals surface area contributed by atoms with Gasteiger partial charge in [0.05, 0.1) is 11.0 Å². The number of piperazine rings is 1. The van der Waals surface area contributed by atoms with Crippen LogP contribution in [0.1, 0.15) is 53.2 Å². The number of hydrogen-bond acceptors (Lipinski definition) is 4. The number of carbonyl (C=O) groups is 1. The first-order valence-electron chi connectivity index (χ1n) is 13.5. The molecule has 190 valence electrons. The average Bonchev–Trinajstić information content (AvgIpc) is 2.94. The van der Waals surface area contributed by atoms with Gasteiger partial charge in [-0.25, -0.2) is 9.97 Å². The van der Waals surface area contributed by atoms with Gasteiger partial charge in [0.15, 0.2) is 5.82 Å². The van der Waals surface area contributed by atoms with Crippen molar-refractivity contribution in [3.05, 3.63) is 89.0 Å². The molecule has 1 aromatic heterocycles. The van der Waals surface area contributed by atoms with Crippen molar-refractivity contribution in [2.45, 2.75) is 46.5 Å². The van der Waals surface area contributed by atoms with Gasteiger partial charge in [0.25, 0.3) is 5.91 Å². The van der Waals surface area contributed by atoms with E-state index in [1.807, 2.05) is 35.2 Å². The summed E-state index contributed by atoms with van der Waals surface area (Å²) < 4.78 is 0. The van der Waals surface area contributed by atoms with Gasteiger partial charge in [-0.2, -0.15) is 0 Å². The van der Waals surface area contributed by atoms with E-state index in [9.17, 15) is 4.79 Å². The summed E-state index contributed by atoms with van der Waals surface area (Å²) in [5.74, 6) is 1.00. The van der Waals surface area contributed by atoms with Crippen LogP contribution in [0.25, 0.3) is 22.3 Å². The molecular weight excluding hydrogens is 456 g/mol. The van der Waals surface area contributed by atoms with E-state index in [-0.39, 0.29) is 5.91 Å². The van der Waals surface area contributed by atoms with Crippen molar-refractivity contribution >= 4 is 22.8 Å². The van der Waals surface area contributed by atoms with Gasteiger partial charge in [-0.3, -0.25) is 4.79 Å². The summed E-state index contributed by atoms with van der Waals surface area (Å²) in [6.45, 7) is 9.23. The maximum Gasteiger partial charge on any atom is 0.253 e. The van der Waals surface area contributed by atoms with Gasteiger partial charge in [-0.15, -0.1) is 0 Å². The van der Waals surface area contributed by atoms with Gasteiger partial charge < -0.3 is 9.80 Å². The Balaban J connectivity index is 1.35. The Morgan fingerprint density at radius 1 is 0.811 bits per heavy atom. The Hall–Kier alpha value is -3.73. The van der Waals surface area contributed by atoms with Crippen molar-refractivity contribution in [3.63, 3.8) is 0 Å². The van der Waals surface area contributed by atoms with E-state index in [4.69, 9.17) is 9.97 Å². The maximum atomic E-state index is 13.2. The van der Waals surface area contributed by atoms with Crippen molar-refractivity contribution in [1.29, 1.82) is 0 Å². The summed E-state index contributed by atoms with van der Waals surface area (Å²) in [4.78, 5) is 27.7. The number of nitrogens with zero attached hydrogens (tertiary/aromatic N) is 4. The number of anilines is 1. The van der Waals surface area contributed by atoms with Gasteiger partial charge in [-0.05, 0) is 67.6 Å². The first kappa shape index (κ1) is 24.9. The van der Waals surface area contributed by atoms with Crippen LogP contribution in [0.2, 0.25) is 0 Å². The summed E-state index contributed by atoms with van der Waals surface area (Å²) in [5, 5.41) is 0. The van der Waals surface area contributed by atoms with Crippen LogP contribution in [0, 0.1) is 13.8 Å². The number of rotatable bonds is 7. The minimum Gasteiger partial charge on any atom is -0.351 e. The van der Waals surface area contributed by atoms with Gasteiger partial charge in [-0.1, -0.05) is 62.2 Å². The minimum atomic E-state index is 0.110. The van der Waals surface area contributed by atoms with Crippen LogP contribution < -0.4 is 4.90 Å². The maximum absolute atomic E-state index is 13.2. The molecule has 0 radical (unpaired) electrons. The molecule has 5 heteroatoms. The molecule has 0 saturated carbocycles. The second kappa shape index (κ2) is 11.1. The summed E-state index contributed by atoms with van der Waals surface area (Å²) in [6.07, 6.45) is 4.75. The molecule has 0 bridgehead atoms. The minimum absolute atomic E-state index is 0.110. The lowest BCUT2D eigenvalue weighted by molar-refractivity contribution is 0.0746. The van der Waals surface area contributed by atoms with Crippen LogP contribution in [-0.4, -0.2) is 47.0 Å². The standard InChI is InChI=1S/C32H36N4O/c1-4-5-7-10-25-13-15-27(16-14-25)32(37)36-19-17-35(18-20-36)31-30(26-11-8-6-9-12-26)33-28-21-23(2)24(3)22-29(28)34-31/h6,8-9,11-16,21-22H,4-5,7,10,17-20H2,1-3H3. The fourth-order valence-electron chi connectivity index (χ4n) is 5.01. The molecule has 0 atom stereocenters. The number of hydrogen-bond donors (Lipinski definition) is 0. The number of amides is 1. The second-order valence-corrected chi connectivity index (χ2v) is 10.1. The topological polar surface area (TPSA) is 49.3 Å². The molecule has 0 unspecified atom stereocenters. The van der Waals surface area contributed by atoms with Crippen molar-refractivity contribution in [2.24, 2.45) is 0 Å². The lowest BCUT2D eigenvalue weighted by Crippen LogP contribution is -2.49. The smallest absolute Gasteiger partial charge is 0.253 e. The monoisotopic (exact) mass is 492 g/mol. The third kappa shape index (κ3) is 5.51. The zero-order chi connectivity index (χ0) is 25.8. The van der Waals surface area contributed by atoms with Crippen LogP contribution in [0.5, 0.6) is 0 Å². The number of fused-ring (bicyclic) bond motifs is 1. The largest absolute Gasteiger partial charge is 0.351 e. The summed E-state index contributed by atoms with van der Waals surface area (Å²) in [7, 11) is 0. The Bertz CT molecular complexity index is 1370. The third-order valence-electron chi connectivity index (χ3n) is 7.44. The zero-order valence-corrected chi connectivity index (χ0v) is 22.2. The lowest BCUT2D eigenvalue weighted by atomic mass is 10.0. The summed E-state index contributed by atoms with van der Waals surface area (Å²) in [6, 6.07) is 22.7. The average molecular weight is 493 g/mol. The summed E-state index contributed by atoms with van der Waals surface area (Å²) >= 11 is 0. The molecule has 4 aromatic rings. The van der Waals surface area contributed by atoms with Gasteiger partial charge in [0.2, 0.25) is 0 Å². The zero-order valence-electron chi connectivity index (χ0n) is 22.2. The van der Waals surface area contributed by atoms with Crippen LogP contribution in [0.3, 0.4) is 0 Å². The van der Waals surface area contributed by atoms with Crippen LogP contribution >= 0.6 is 0 Å². The SMILES string of the molecule is CCCCCc1ccc(C(=O)N2CCN(c3nc4cc(C)c(C)cc4nc3-c3ccccc3)CC2)cc1. The third-order valence-corrected chi connectivity index (χ3v) is 7.44. The van der Waals surface area contributed by atoms with Gasteiger partial charge >= 0.3 is 0 Å². The normalized spacial score (nSPS) is 13.8. The van der Waals surface area contributed by atoms with Gasteiger partial charge in [0, 0.05) is 37.3 Å². The molecule has 1 amide bonds. The highest BCUT2D eigenvalue weighted by atomic mass is 16.2. The fraction of sp³-hybridized carbons (Fsp3) is 0.344. The highest BCUT2D eigenvalue weighted by Crippen LogP contribution is 2.31. The Labute approximate surface area is 220 Å². The van der Waals surface area contributed by atoms with Crippen LogP contribution in [-0.2, 0) is 6.42 Å². The molecule has 5 nitrogen and oxygen atoms in total. The number of aryl methyl sites for hydroxylation is 3. The Kier molecular flexibility index (Phi) is 7.50. The molecular formula is C32H36N4O. The van der Waals surface area contributed by atoms with E-state index in [1.54, 1.807) is 0 Å². The van der Waals surface area contributed by atoms with E-state index >= 15 is 0 Å². The Morgan fingerprint density at radius 3 is 2.11 bits per heavy atom. The lowest BCUT2D eigenvalue weighted by Gasteiger charge is -2.36. The molecule has 0 spiro atoms. The van der Waals surface area contributed by atoms with Crippen molar-refractivity contribution in [1.82, 2.24) is 14.9 Å². The van der Waals surface area contributed by atoms with Crippen molar-refractivity contribution < 1.29 is 4.79 Å². The molecule has 1 fully saturated rings. The van der Waals surface area contributed by atoms with E-state index < -0.39 is 0 Å². The summed E-state index contributed by atoms with van der Waals surface area (Å²) in [5.41, 5.74) is 8.30. The van der Waals surface area contributed by atoms with Crippen LogP contribution in [0.4, 0.5) is 5.82 Å². The quantitative estimate of drug-likeness (QED) is 0.272. The number of aromatic nitrogens is 2. The number of unbranched alkanes of at least 4 members (excludes halogenated alkanes) is 2. The molecule has 3 aromatic carbocycles.